The number of amides is 1. The van der Waals surface area contributed by atoms with Crippen molar-refractivity contribution in [3.8, 4) is 5.75 Å². The summed E-state index contributed by atoms with van der Waals surface area (Å²) in [5, 5.41) is 3.83. The van der Waals surface area contributed by atoms with Gasteiger partial charge in [0.05, 0.1) is 25.5 Å². The molecule has 5 aromatic rings. The summed E-state index contributed by atoms with van der Waals surface area (Å²) >= 11 is 0. The molecular weight excluding hydrogens is 440 g/mol. The zero-order valence-electron chi connectivity index (χ0n) is 19.9. The standard InChI is InChI=1S/C28H26N4O3/c1-18-8-13-24-22(14-18)26-27(32(24)16-25(33)30-23-7-5-4-6-19(23)2)28(34)31(17-29-26)15-20-9-11-21(35-3)12-10-20/h4-14,17H,15-16H2,1-3H3,(H,30,33). The Morgan fingerprint density at radius 1 is 1.03 bits per heavy atom. The molecule has 0 bridgehead atoms. The minimum atomic E-state index is -0.205. The summed E-state index contributed by atoms with van der Waals surface area (Å²) in [6, 6.07) is 21.1. The zero-order valence-corrected chi connectivity index (χ0v) is 19.9. The van der Waals surface area contributed by atoms with Crippen molar-refractivity contribution < 1.29 is 9.53 Å². The molecule has 0 atom stereocenters. The SMILES string of the molecule is COc1ccc(Cn2cnc3c4cc(C)ccc4n(CC(=O)Nc4ccccc4C)c3c2=O)cc1. The molecule has 1 amide bonds. The molecule has 0 aliphatic carbocycles. The molecule has 0 saturated heterocycles. The van der Waals surface area contributed by atoms with Gasteiger partial charge in [-0.15, -0.1) is 0 Å². The fourth-order valence-electron chi connectivity index (χ4n) is 4.37. The molecular formula is C28H26N4O3. The van der Waals surface area contributed by atoms with E-state index in [1.165, 1.54) is 0 Å². The molecule has 35 heavy (non-hydrogen) atoms. The van der Waals surface area contributed by atoms with Crippen LogP contribution in [0, 0.1) is 13.8 Å². The highest BCUT2D eigenvalue weighted by molar-refractivity contribution is 6.06. The lowest BCUT2D eigenvalue weighted by atomic mass is 10.1. The molecule has 0 aliphatic rings. The molecule has 0 radical (unpaired) electrons. The van der Waals surface area contributed by atoms with E-state index in [9.17, 15) is 9.59 Å². The second kappa shape index (κ2) is 9.10. The van der Waals surface area contributed by atoms with Gasteiger partial charge >= 0.3 is 0 Å². The number of fused-ring (bicyclic) bond motifs is 3. The number of nitrogens with one attached hydrogen (secondary N) is 1. The number of nitrogens with zero attached hydrogens (tertiary/aromatic N) is 3. The number of hydrogen-bond donors (Lipinski definition) is 1. The van der Waals surface area contributed by atoms with E-state index in [2.05, 4.69) is 10.3 Å². The first kappa shape index (κ1) is 22.4. The Morgan fingerprint density at radius 2 is 1.80 bits per heavy atom. The number of aromatic nitrogens is 3. The Bertz CT molecular complexity index is 1610. The lowest BCUT2D eigenvalue weighted by molar-refractivity contribution is -0.116. The number of benzene rings is 3. The van der Waals surface area contributed by atoms with Gasteiger partial charge in [-0.25, -0.2) is 4.98 Å². The van der Waals surface area contributed by atoms with Crippen molar-refractivity contribution in [2.45, 2.75) is 26.9 Å². The highest BCUT2D eigenvalue weighted by Crippen LogP contribution is 2.27. The van der Waals surface area contributed by atoms with Crippen LogP contribution in [0.4, 0.5) is 5.69 Å². The van der Waals surface area contributed by atoms with E-state index >= 15 is 0 Å². The van der Waals surface area contributed by atoms with E-state index in [0.717, 1.165) is 39.0 Å². The molecule has 2 heterocycles. The number of aryl methyl sites for hydroxylation is 2. The number of rotatable bonds is 6. The second-order valence-corrected chi connectivity index (χ2v) is 8.69. The van der Waals surface area contributed by atoms with E-state index < -0.39 is 0 Å². The number of ether oxygens (including phenoxy) is 1. The van der Waals surface area contributed by atoms with E-state index in [0.29, 0.717) is 17.6 Å². The average Bonchev–Trinajstić information content (AvgIpc) is 3.15. The molecule has 5 rings (SSSR count). The molecule has 176 valence electrons. The average molecular weight is 467 g/mol. The molecule has 3 aromatic carbocycles. The van der Waals surface area contributed by atoms with Crippen LogP contribution < -0.4 is 15.6 Å². The first-order valence-corrected chi connectivity index (χ1v) is 11.4. The third-order valence-electron chi connectivity index (χ3n) is 6.21. The lowest BCUT2D eigenvalue weighted by Crippen LogP contribution is -2.25. The third-order valence-corrected chi connectivity index (χ3v) is 6.21. The smallest absolute Gasteiger partial charge is 0.278 e. The quantitative estimate of drug-likeness (QED) is 0.395. The normalized spacial score (nSPS) is 11.2. The molecule has 7 heteroatoms. The summed E-state index contributed by atoms with van der Waals surface area (Å²) in [6.07, 6.45) is 1.58. The maximum atomic E-state index is 13.7. The molecule has 0 spiro atoms. The van der Waals surface area contributed by atoms with E-state index in [4.69, 9.17) is 4.74 Å². The van der Waals surface area contributed by atoms with Crippen LogP contribution in [-0.2, 0) is 17.9 Å². The van der Waals surface area contributed by atoms with Crippen LogP contribution in [0.2, 0.25) is 0 Å². The van der Waals surface area contributed by atoms with Crippen LogP contribution in [0.15, 0.2) is 77.9 Å². The second-order valence-electron chi connectivity index (χ2n) is 8.69. The Labute approximate surface area is 202 Å². The summed E-state index contributed by atoms with van der Waals surface area (Å²) in [7, 11) is 1.62. The fourth-order valence-corrected chi connectivity index (χ4v) is 4.37. The molecule has 0 fully saturated rings. The Morgan fingerprint density at radius 3 is 2.54 bits per heavy atom. The molecule has 0 unspecified atom stereocenters. The van der Waals surface area contributed by atoms with Gasteiger partial charge in [0.2, 0.25) is 5.91 Å². The van der Waals surface area contributed by atoms with Gasteiger partial charge in [0.25, 0.3) is 5.56 Å². The van der Waals surface area contributed by atoms with Crippen molar-refractivity contribution in [1.29, 1.82) is 0 Å². The predicted molar refractivity (Wildman–Crippen MR) is 138 cm³/mol. The topological polar surface area (TPSA) is 78.2 Å². The van der Waals surface area contributed by atoms with Gasteiger partial charge in [0, 0.05) is 11.1 Å². The summed E-state index contributed by atoms with van der Waals surface area (Å²) in [5.41, 5.74) is 5.37. The van der Waals surface area contributed by atoms with Crippen molar-refractivity contribution in [2.24, 2.45) is 0 Å². The van der Waals surface area contributed by atoms with Gasteiger partial charge in [0.15, 0.2) is 0 Å². The number of methoxy groups -OCH3 is 1. The molecule has 1 N–H and O–H groups in total. The van der Waals surface area contributed by atoms with Gasteiger partial charge < -0.3 is 14.6 Å². The van der Waals surface area contributed by atoms with Crippen molar-refractivity contribution in [1.82, 2.24) is 14.1 Å². The lowest BCUT2D eigenvalue weighted by Gasteiger charge is -2.11. The van der Waals surface area contributed by atoms with Crippen LogP contribution in [0.1, 0.15) is 16.7 Å². The van der Waals surface area contributed by atoms with Crippen molar-refractivity contribution >= 4 is 33.5 Å². The first-order valence-electron chi connectivity index (χ1n) is 11.4. The van der Waals surface area contributed by atoms with Gasteiger partial charge in [-0.1, -0.05) is 42.0 Å². The van der Waals surface area contributed by atoms with Crippen LogP contribution in [0.3, 0.4) is 0 Å². The molecule has 7 nitrogen and oxygen atoms in total. The Balaban J connectivity index is 1.59. The van der Waals surface area contributed by atoms with Crippen molar-refractivity contribution in [2.75, 3.05) is 12.4 Å². The van der Waals surface area contributed by atoms with Crippen LogP contribution in [0.25, 0.3) is 21.9 Å². The minimum absolute atomic E-state index is 0.000858. The highest BCUT2D eigenvalue weighted by atomic mass is 16.5. The predicted octanol–water partition coefficient (Wildman–Crippen LogP) is 4.66. The van der Waals surface area contributed by atoms with Crippen molar-refractivity contribution in [3.05, 3.63) is 100 Å². The molecule has 2 aromatic heterocycles. The maximum Gasteiger partial charge on any atom is 0.278 e. The maximum absolute atomic E-state index is 13.7. The number of anilines is 1. The Hall–Kier alpha value is -4.39. The number of carbonyl (C=O) groups is 1. The van der Waals surface area contributed by atoms with Gasteiger partial charge in [-0.05, 0) is 55.3 Å². The summed E-state index contributed by atoms with van der Waals surface area (Å²) < 4.78 is 8.57. The number of carbonyl (C=O) groups excluding carboxylic acids is 1. The molecule has 0 aliphatic heterocycles. The van der Waals surface area contributed by atoms with Gasteiger partial charge in [0.1, 0.15) is 23.3 Å². The van der Waals surface area contributed by atoms with Crippen LogP contribution in [0.5, 0.6) is 5.75 Å². The van der Waals surface area contributed by atoms with Gasteiger partial charge in [-0.2, -0.15) is 0 Å². The van der Waals surface area contributed by atoms with E-state index in [-0.39, 0.29) is 18.0 Å². The van der Waals surface area contributed by atoms with Gasteiger partial charge in [-0.3, -0.25) is 14.2 Å². The monoisotopic (exact) mass is 466 g/mol. The highest BCUT2D eigenvalue weighted by Gasteiger charge is 2.19. The zero-order chi connectivity index (χ0) is 24.5. The summed E-state index contributed by atoms with van der Waals surface area (Å²) in [4.78, 5) is 31.4. The first-order chi connectivity index (χ1) is 16.9. The largest absolute Gasteiger partial charge is 0.497 e. The van der Waals surface area contributed by atoms with E-state index in [1.54, 1.807) is 22.6 Å². The van der Waals surface area contributed by atoms with Crippen molar-refractivity contribution in [3.63, 3.8) is 0 Å². The number of para-hydroxylation sites is 1. The summed E-state index contributed by atoms with van der Waals surface area (Å²) in [6.45, 7) is 4.31. The van der Waals surface area contributed by atoms with Crippen LogP contribution in [-0.4, -0.2) is 27.1 Å². The number of hydrogen-bond acceptors (Lipinski definition) is 4. The Kier molecular flexibility index (Phi) is 5.82. The fraction of sp³-hybridized carbons (Fsp3) is 0.179. The minimum Gasteiger partial charge on any atom is -0.497 e. The molecule has 0 saturated carbocycles. The summed E-state index contributed by atoms with van der Waals surface area (Å²) in [5.74, 6) is 0.550. The third kappa shape index (κ3) is 4.28. The van der Waals surface area contributed by atoms with Crippen LogP contribution >= 0.6 is 0 Å². The van der Waals surface area contributed by atoms with E-state index in [1.807, 2.05) is 80.6 Å².